The summed E-state index contributed by atoms with van der Waals surface area (Å²) in [6, 6.07) is 6.25. The molecule has 2 amide bonds. The maximum Gasteiger partial charge on any atom is 0.236 e. The summed E-state index contributed by atoms with van der Waals surface area (Å²) >= 11 is 0. The summed E-state index contributed by atoms with van der Waals surface area (Å²) in [7, 11) is 0. The Morgan fingerprint density at radius 2 is 1.96 bits per heavy atom. The molecule has 1 unspecified atom stereocenters. The molecule has 1 saturated heterocycles. The fourth-order valence-electron chi connectivity index (χ4n) is 3.46. The van der Waals surface area contributed by atoms with Gasteiger partial charge < -0.3 is 15.5 Å². The van der Waals surface area contributed by atoms with Crippen LogP contribution in [0.3, 0.4) is 0 Å². The van der Waals surface area contributed by atoms with Gasteiger partial charge in [-0.3, -0.25) is 9.59 Å². The minimum absolute atomic E-state index is 0.0875. The monoisotopic (exact) mass is 329 g/mol. The first-order valence-corrected chi connectivity index (χ1v) is 9.07. The van der Waals surface area contributed by atoms with Crippen molar-refractivity contribution in [2.24, 2.45) is 0 Å². The third kappa shape index (κ3) is 4.15. The zero-order valence-electron chi connectivity index (χ0n) is 14.4. The highest BCUT2D eigenvalue weighted by Crippen LogP contribution is 2.26. The average Bonchev–Trinajstić information content (AvgIpc) is 2.88. The van der Waals surface area contributed by atoms with Gasteiger partial charge in [0.2, 0.25) is 11.8 Å². The van der Waals surface area contributed by atoms with Gasteiger partial charge in [0.05, 0.1) is 6.54 Å². The van der Waals surface area contributed by atoms with E-state index in [9.17, 15) is 9.59 Å². The fourth-order valence-corrected chi connectivity index (χ4v) is 3.46. The van der Waals surface area contributed by atoms with Gasteiger partial charge in [-0.05, 0) is 43.4 Å². The SMILES string of the molecule is CC(NCC(=O)N1CCCCCC1)c1ccc2c(c1)CCC(=O)N2. The van der Waals surface area contributed by atoms with E-state index in [0.29, 0.717) is 13.0 Å². The Hall–Kier alpha value is -1.88. The molecule has 2 aliphatic heterocycles. The molecule has 0 spiro atoms. The Bertz CT molecular complexity index is 607. The van der Waals surface area contributed by atoms with Crippen LogP contribution < -0.4 is 10.6 Å². The summed E-state index contributed by atoms with van der Waals surface area (Å²) in [5.74, 6) is 0.290. The summed E-state index contributed by atoms with van der Waals surface area (Å²) in [6.45, 7) is 4.26. The summed E-state index contributed by atoms with van der Waals surface area (Å²) in [4.78, 5) is 25.8. The number of fused-ring (bicyclic) bond motifs is 1. The minimum atomic E-state index is 0.0875. The lowest BCUT2D eigenvalue weighted by molar-refractivity contribution is -0.130. The Balaban J connectivity index is 1.55. The molecule has 2 aliphatic rings. The summed E-state index contributed by atoms with van der Waals surface area (Å²) < 4.78 is 0. The molecule has 130 valence electrons. The van der Waals surface area contributed by atoms with E-state index < -0.39 is 0 Å². The number of hydrogen-bond donors (Lipinski definition) is 2. The molecule has 0 aliphatic carbocycles. The maximum atomic E-state index is 12.4. The van der Waals surface area contributed by atoms with Crippen LogP contribution in [-0.2, 0) is 16.0 Å². The van der Waals surface area contributed by atoms with Gasteiger partial charge in [-0.2, -0.15) is 0 Å². The van der Waals surface area contributed by atoms with Gasteiger partial charge in [-0.25, -0.2) is 0 Å². The number of hydrogen-bond acceptors (Lipinski definition) is 3. The average molecular weight is 329 g/mol. The Labute approximate surface area is 143 Å². The highest BCUT2D eigenvalue weighted by molar-refractivity contribution is 5.93. The Kier molecular flexibility index (Phi) is 5.51. The van der Waals surface area contributed by atoms with E-state index in [1.54, 1.807) is 0 Å². The van der Waals surface area contributed by atoms with Gasteiger partial charge in [0.25, 0.3) is 0 Å². The number of nitrogens with one attached hydrogen (secondary N) is 2. The molecular weight excluding hydrogens is 302 g/mol. The van der Waals surface area contributed by atoms with Crippen molar-refractivity contribution in [2.45, 2.75) is 51.5 Å². The molecule has 1 fully saturated rings. The minimum Gasteiger partial charge on any atom is -0.342 e. The van der Waals surface area contributed by atoms with Gasteiger partial charge in [0, 0.05) is 31.2 Å². The third-order valence-corrected chi connectivity index (χ3v) is 5.04. The summed E-state index contributed by atoms with van der Waals surface area (Å²) in [5.41, 5.74) is 3.26. The summed E-state index contributed by atoms with van der Waals surface area (Å²) in [5, 5.41) is 6.26. The largest absolute Gasteiger partial charge is 0.342 e. The molecule has 1 aromatic carbocycles. The third-order valence-electron chi connectivity index (χ3n) is 5.04. The zero-order chi connectivity index (χ0) is 16.9. The molecular formula is C19H27N3O2. The van der Waals surface area contributed by atoms with Crippen molar-refractivity contribution in [3.8, 4) is 0 Å². The zero-order valence-corrected chi connectivity index (χ0v) is 14.4. The molecule has 0 aromatic heterocycles. The lowest BCUT2D eigenvalue weighted by atomic mass is 9.98. The molecule has 2 heterocycles. The number of aryl methyl sites for hydroxylation is 1. The van der Waals surface area contributed by atoms with Gasteiger partial charge >= 0.3 is 0 Å². The molecule has 5 nitrogen and oxygen atoms in total. The standard InChI is InChI=1S/C19H27N3O2/c1-14(20-13-19(24)22-10-4-2-3-5-11-22)15-6-8-17-16(12-15)7-9-18(23)21-17/h6,8,12,14,20H,2-5,7,9-11,13H2,1H3,(H,21,23). The van der Waals surface area contributed by atoms with Crippen LogP contribution in [0, 0.1) is 0 Å². The van der Waals surface area contributed by atoms with Crippen molar-refractivity contribution < 1.29 is 9.59 Å². The van der Waals surface area contributed by atoms with Crippen molar-refractivity contribution in [1.29, 1.82) is 0 Å². The molecule has 5 heteroatoms. The molecule has 1 aromatic rings. The number of carbonyl (C=O) groups excluding carboxylic acids is 2. The van der Waals surface area contributed by atoms with Crippen LogP contribution in [-0.4, -0.2) is 36.3 Å². The number of likely N-dealkylation sites (tertiary alicyclic amines) is 1. The highest BCUT2D eigenvalue weighted by Gasteiger charge is 2.18. The number of rotatable bonds is 4. The first-order chi connectivity index (χ1) is 11.6. The molecule has 0 radical (unpaired) electrons. The smallest absolute Gasteiger partial charge is 0.236 e. The number of amides is 2. The molecule has 0 bridgehead atoms. The van der Waals surface area contributed by atoms with Crippen LogP contribution in [0.2, 0.25) is 0 Å². The predicted molar refractivity (Wildman–Crippen MR) is 94.9 cm³/mol. The molecule has 0 saturated carbocycles. The van der Waals surface area contributed by atoms with Crippen LogP contribution in [0.5, 0.6) is 0 Å². The van der Waals surface area contributed by atoms with Gasteiger partial charge in [0.15, 0.2) is 0 Å². The molecule has 2 N–H and O–H groups in total. The van der Waals surface area contributed by atoms with E-state index >= 15 is 0 Å². The first kappa shape index (κ1) is 17.0. The van der Waals surface area contributed by atoms with Crippen LogP contribution >= 0.6 is 0 Å². The lowest BCUT2D eigenvalue weighted by Gasteiger charge is -2.23. The number of anilines is 1. The van der Waals surface area contributed by atoms with Gasteiger partial charge in [0.1, 0.15) is 0 Å². The molecule has 24 heavy (non-hydrogen) atoms. The van der Waals surface area contributed by atoms with E-state index in [4.69, 9.17) is 0 Å². The second-order valence-corrected chi connectivity index (χ2v) is 6.86. The van der Waals surface area contributed by atoms with Gasteiger partial charge in [-0.1, -0.05) is 25.0 Å². The molecule has 3 rings (SSSR count). The van der Waals surface area contributed by atoms with Crippen molar-refractivity contribution in [3.63, 3.8) is 0 Å². The van der Waals surface area contributed by atoms with Crippen LogP contribution in [0.4, 0.5) is 5.69 Å². The lowest BCUT2D eigenvalue weighted by Crippen LogP contribution is -2.39. The predicted octanol–water partition coefficient (Wildman–Crippen LogP) is 2.62. The molecule has 1 atom stereocenters. The second kappa shape index (κ2) is 7.79. The van der Waals surface area contributed by atoms with Crippen molar-refractivity contribution in [2.75, 3.05) is 25.0 Å². The highest BCUT2D eigenvalue weighted by atomic mass is 16.2. The van der Waals surface area contributed by atoms with E-state index in [-0.39, 0.29) is 17.9 Å². The van der Waals surface area contributed by atoms with Crippen molar-refractivity contribution >= 4 is 17.5 Å². The van der Waals surface area contributed by atoms with Crippen LogP contribution in [0.1, 0.15) is 56.2 Å². The van der Waals surface area contributed by atoms with Crippen LogP contribution in [0.25, 0.3) is 0 Å². The Morgan fingerprint density at radius 1 is 1.21 bits per heavy atom. The van der Waals surface area contributed by atoms with Gasteiger partial charge in [-0.15, -0.1) is 0 Å². The number of nitrogens with zero attached hydrogens (tertiary/aromatic N) is 1. The normalized spacial score (nSPS) is 19.2. The van der Waals surface area contributed by atoms with E-state index in [2.05, 4.69) is 23.6 Å². The quantitative estimate of drug-likeness (QED) is 0.893. The van der Waals surface area contributed by atoms with Crippen LogP contribution in [0.15, 0.2) is 18.2 Å². The second-order valence-electron chi connectivity index (χ2n) is 6.86. The number of carbonyl (C=O) groups is 2. The number of benzene rings is 1. The first-order valence-electron chi connectivity index (χ1n) is 9.07. The van der Waals surface area contributed by atoms with Crippen molar-refractivity contribution in [3.05, 3.63) is 29.3 Å². The summed E-state index contributed by atoms with van der Waals surface area (Å²) in [6.07, 6.45) is 6.05. The Morgan fingerprint density at radius 3 is 2.71 bits per heavy atom. The van der Waals surface area contributed by atoms with E-state index in [0.717, 1.165) is 43.6 Å². The fraction of sp³-hybridized carbons (Fsp3) is 0.579. The topological polar surface area (TPSA) is 61.4 Å². The maximum absolute atomic E-state index is 12.4. The van der Waals surface area contributed by atoms with E-state index in [1.807, 2.05) is 17.0 Å². The van der Waals surface area contributed by atoms with E-state index in [1.165, 1.54) is 18.4 Å². The van der Waals surface area contributed by atoms with Crippen molar-refractivity contribution in [1.82, 2.24) is 10.2 Å².